The van der Waals surface area contributed by atoms with Gasteiger partial charge in [-0.15, -0.1) is 0 Å². The van der Waals surface area contributed by atoms with Gasteiger partial charge in [-0.25, -0.2) is 0 Å². The smallest absolute Gasteiger partial charge is 0.123 e. The van der Waals surface area contributed by atoms with E-state index in [0.717, 1.165) is 38.0 Å². The molecule has 0 aromatic heterocycles. The molecule has 21 heavy (non-hydrogen) atoms. The first kappa shape index (κ1) is 16.3. The van der Waals surface area contributed by atoms with Crippen LogP contribution in [-0.2, 0) is 6.54 Å². The fourth-order valence-electron chi connectivity index (χ4n) is 2.43. The van der Waals surface area contributed by atoms with E-state index in [0.29, 0.717) is 0 Å². The van der Waals surface area contributed by atoms with E-state index in [9.17, 15) is 0 Å². The second-order valence-corrected chi connectivity index (χ2v) is 5.90. The van der Waals surface area contributed by atoms with E-state index in [1.165, 1.54) is 37.8 Å². The quantitative estimate of drug-likeness (QED) is 0.675. The van der Waals surface area contributed by atoms with Crippen molar-refractivity contribution in [2.24, 2.45) is 0 Å². The fourth-order valence-corrected chi connectivity index (χ4v) is 2.43. The summed E-state index contributed by atoms with van der Waals surface area (Å²) < 4.78 is 6.02. The van der Waals surface area contributed by atoms with Crippen molar-refractivity contribution in [1.82, 2.24) is 10.2 Å². The van der Waals surface area contributed by atoms with Crippen molar-refractivity contribution in [2.45, 2.75) is 52.1 Å². The molecule has 118 valence electrons. The van der Waals surface area contributed by atoms with Gasteiger partial charge < -0.3 is 15.0 Å². The lowest BCUT2D eigenvalue weighted by atomic mass is 10.2. The molecule has 1 aliphatic carbocycles. The number of hydrogen-bond acceptors (Lipinski definition) is 3. The lowest BCUT2D eigenvalue weighted by molar-refractivity contribution is 0.212. The third-order valence-electron chi connectivity index (χ3n) is 4.07. The Morgan fingerprint density at radius 3 is 2.71 bits per heavy atom. The fraction of sp³-hybridized carbons (Fsp3) is 0.667. The standard InChI is InChI=1S/C18H30N2O/c1-3-5-12-20(4-2)13-14-21-18-9-7-6-8-16(18)15-19-17-10-11-17/h6-9,17,19H,3-5,10-15H2,1-2H3. The van der Waals surface area contributed by atoms with E-state index in [1.54, 1.807) is 0 Å². The van der Waals surface area contributed by atoms with Crippen LogP contribution in [-0.4, -0.2) is 37.2 Å². The number of unbranched alkanes of at least 4 members (excludes halogenated alkanes) is 1. The zero-order chi connectivity index (χ0) is 14.9. The molecule has 0 radical (unpaired) electrons. The van der Waals surface area contributed by atoms with Crippen molar-refractivity contribution in [3.63, 3.8) is 0 Å². The van der Waals surface area contributed by atoms with Crippen LogP contribution in [0.2, 0.25) is 0 Å². The van der Waals surface area contributed by atoms with Gasteiger partial charge in [-0.05, 0) is 38.4 Å². The van der Waals surface area contributed by atoms with Crippen LogP contribution in [0.3, 0.4) is 0 Å². The average Bonchev–Trinajstić information content (AvgIpc) is 3.34. The predicted molar refractivity (Wildman–Crippen MR) is 88.8 cm³/mol. The summed E-state index contributed by atoms with van der Waals surface area (Å²) in [5.74, 6) is 1.04. The number of ether oxygens (including phenoxy) is 1. The zero-order valence-corrected chi connectivity index (χ0v) is 13.6. The molecule has 1 aromatic carbocycles. The summed E-state index contributed by atoms with van der Waals surface area (Å²) in [5.41, 5.74) is 1.28. The molecule has 0 heterocycles. The molecular formula is C18H30N2O. The largest absolute Gasteiger partial charge is 0.492 e. The van der Waals surface area contributed by atoms with Crippen LogP contribution in [0.5, 0.6) is 5.75 Å². The van der Waals surface area contributed by atoms with Crippen LogP contribution in [0.15, 0.2) is 24.3 Å². The van der Waals surface area contributed by atoms with Gasteiger partial charge in [-0.1, -0.05) is 38.5 Å². The molecule has 1 N–H and O–H groups in total. The molecule has 0 spiro atoms. The van der Waals surface area contributed by atoms with Crippen molar-refractivity contribution in [2.75, 3.05) is 26.2 Å². The van der Waals surface area contributed by atoms with Gasteiger partial charge in [0, 0.05) is 24.7 Å². The highest BCUT2D eigenvalue weighted by Crippen LogP contribution is 2.22. The second kappa shape index (κ2) is 9.06. The van der Waals surface area contributed by atoms with Crippen molar-refractivity contribution in [3.8, 4) is 5.75 Å². The minimum absolute atomic E-state index is 0.739. The Morgan fingerprint density at radius 2 is 2.00 bits per heavy atom. The number of para-hydroxylation sites is 1. The molecule has 3 nitrogen and oxygen atoms in total. The van der Waals surface area contributed by atoms with E-state index in [4.69, 9.17) is 4.74 Å². The Hall–Kier alpha value is -1.06. The summed E-state index contributed by atoms with van der Waals surface area (Å²) in [6, 6.07) is 9.15. The highest BCUT2D eigenvalue weighted by Gasteiger charge is 2.20. The summed E-state index contributed by atoms with van der Waals surface area (Å²) in [5, 5.41) is 3.56. The normalized spacial score (nSPS) is 14.6. The molecule has 0 atom stereocenters. The van der Waals surface area contributed by atoms with Gasteiger partial charge in [-0.3, -0.25) is 0 Å². The monoisotopic (exact) mass is 290 g/mol. The first-order valence-electron chi connectivity index (χ1n) is 8.50. The Balaban J connectivity index is 1.75. The van der Waals surface area contributed by atoms with Gasteiger partial charge in [0.15, 0.2) is 0 Å². The van der Waals surface area contributed by atoms with Gasteiger partial charge in [0.2, 0.25) is 0 Å². The number of nitrogens with one attached hydrogen (secondary N) is 1. The highest BCUT2D eigenvalue weighted by atomic mass is 16.5. The van der Waals surface area contributed by atoms with Crippen molar-refractivity contribution < 1.29 is 4.74 Å². The Bertz CT molecular complexity index is 404. The Labute approximate surface area is 129 Å². The van der Waals surface area contributed by atoms with E-state index in [2.05, 4.69) is 48.3 Å². The van der Waals surface area contributed by atoms with Gasteiger partial charge in [0.25, 0.3) is 0 Å². The van der Waals surface area contributed by atoms with Gasteiger partial charge in [-0.2, -0.15) is 0 Å². The van der Waals surface area contributed by atoms with Crippen LogP contribution < -0.4 is 10.1 Å². The number of nitrogens with zero attached hydrogens (tertiary/aromatic N) is 1. The average molecular weight is 290 g/mol. The van der Waals surface area contributed by atoms with Crippen molar-refractivity contribution in [1.29, 1.82) is 0 Å². The number of rotatable bonds is 11. The predicted octanol–water partition coefficient (Wildman–Crippen LogP) is 3.44. The molecule has 2 rings (SSSR count). The molecule has 3 heteroatoms. The summed E-state index contributed by atoms with van der Waals surface area (Å²) in [4.78, 5) is 2.47. The third kappa shape index (κ3) is 6.06. The first-order chi connectivity index (χ1) is 10.3. The number of benzene rings is 1. The Morgan fingerprint density at radius 1 is 1.19 bits per heavy atom. The van der Waals surface area contributed by atoms with E-state index in [-0.39, 0.29) is 0 Å². The minimum atomic E-state index is 0.739. The molecule has 0 saturated heterocycles. The zero-order valence-electron chi connectivity index (χ0n) is 13.6. The third-order valence-corrected chi connectivity index (χ3v) is 4.07. The lowest BCUT2D eigenvalue weighted by Crippen LogP contribution is -2.29. The number of hydrogen-bond donors (Lipinski definition) is 1. The maximum atomic E-state index is 6.02. The second-order valence-electron chi connectivity index (χ2n) is 5.90. The van der Waals surface area contributed by atoms with Gasteiger partial charge >= 0.3 is 0 Å². The summed E-state index contributed by atoms with van der Waals surface area (Å²) >= 11 is 0. The highest BCUT2D eigenvalue weighted by molar-refractivity contribution is 5.33. The maximum Gasteiger partial charge on any atom is 0.123 e. The van der Waals surface area contributed by atoms with E-state index in [1.807, 2.05) is 0 Å². The molecule has 0 aliphatic heterocycles. The van der Waals surface area contributed by atoms with Gasteiger partial charge in [0.1, 0.15) is 12.4 Å². The summed E-state index contributed by atoms with van der Waals surface area (Å²) in [6.45, 7) is 9.47. The molecule has 0 amide bonds. The first-order valence-corrected chi connectivity index (χ1v) is 8.50. The SMILES string of the molecule is CCCCN(CC)CCOc1ccccc1CNC1CC1. The number of likely N-dealkylation sites (N-methyl/N-ethyl adjacent to an activating group) is 1. The molecular weight excluding hydrogens is 260 g/mol. The minimum Gasteiger partial charge on any atom is -0.492 e. The molecule has 1 fully saturated rings. The topological polar surface area (TPSA) is 24.5 Å². The van der Waals surface area contributed by atoms with E-state index >= 15 is 0 Å². The Kier molecular flexibility index (Phi) is 7.04. The van der Waals surface area contributed by atoms with Crippen molar-refractivity contribution >= 4 is 0 Å². The maximum absolute atomic E-state index is 6.02. The van der Waals surface area contributed by atoms with Crippen LogP contribution in [0, 0.1) is 0 Å². The molecule has 1 saturated carbocycles. The van der Waals surface area contributed by atoms with Gasteiger partial charge in [0.05, 0.1) is 0 Å². The van der Waals surface area contributed by atoms with Crippen LogP contribution in [0.1, 0.15) is 45.1 Å². The van der Waals surface area contributed by atoms with E-state index < -0.39 is 0 Å². The van der Waals surface area contributed by atoms with Crippen LogP contribution in [0.4, 0.5) is 0 Å². The molecule has 0 bridgehead atoms. The van der Waals surface area contributed by atoms with Crippen LogP contribution in [0.25, 0.3) is 0 Å². The lowest BCUT2D eigenvalue weighted by Gasteiger charge is -2.20. The molecule has 0 unspecified atom stereocenters. The van der Waals surface area contributed by atoms with Crippen molar-refractivity contribution in [3.05, 3.63) is 29.8 Å². The summed E-state index contributed by atoms with van der Waals surface area (Å²) in [6.07, 6.45) is 5.18. The summed E-state index contributed by atoms with van der Waals surface area (Å²) in [7, 11) is 0. The van der Waals surface area contributed by atoms with Crippen LogP contribution >= 0.6 is 0 Å². The molecule has 1 aliphatic rings. The molecule has 1 aromatic rings.